The third-order valence-electron chi connectivity index (χ3n) is 2.29. The van der Waals surface area contributed by atoms with Crippen LogP contribution in [0.2, 0.25) is 0 Å². The van der Waals surface area contributed by atoms with Gasteiger partial charge >= 0.3 is 0 Å². The highest BCUT2D eigenvalue weighted by Crippen LogP contribution is 2.24. The van der Waals surface area contributed by atoms with Crippen LogP contribution in [-0.2, 0) is 16.1 Å². The maximum atomic E-state index is 9.55. The van der Waals surface area contributed by atoms with Crippen LogP contribution in [0.3, 0.4) is 0 Å². The molecule has 1 unspecified atom stereocenters. The Balaban J connectivity index is 2.08. The molecule has 3 heteroatoms. The molecule has 76 valence electrons. The third-order valence-corrected chi connectivity index (χ3v) is 2.29. The summed E-state index contributed by atoms with van der Waals surface area (Å²) in [6, 6.07) is 3.87. The number of rotatable bonds is 3. The van der Waals surface area contributed by atoms with Crippen molar-refractivity contribution in [2.45, 2.75) is 26.7 Å². The first-order valence-electron chi connectivity index (χ1n) is 4.69. The molecule has 0 saturated carbocycles. The van der Waals surface area contributed by atoms with Crippen molar-refractivity contribution in [2.24, 2.45) is 0 Å². The molecule has 1 aliphatic rings. The quantitative estimate of drug-likeness (QED) is 0.747. The Bertz CT molecular complexity index is 319. The highest BCUT2D eigenvalue weighted by atomic mass is 16.8. The van der Waals surface area contributed by atoms with E-state index in [0.717, 1.165) is 16.7 Å². The van der Waals surface area contributed by atoms with E-state index in [0.29, 0.717) is 19.0 Å². The summed E-state index contributed by atoms with van der Waals surface area (Å²) in [5.74, 6) is 0.372. The molecule has 0 aromatic heterocycles. The maximum absolute atomic E-state index is 9.55. The number of hydrogen-bond acceptors (Lipinski definition) is 3. The van der Waals surface area contributed by atoms with E-state index < -0.39 is 0 Å². The summed E-state index contributed by atoms with van der Waals surface area (Å²) < 4.78 is 10.3. The summed E-state index contributed by atoms with van der Waals surface area (Å²) in [4.78, 5) is 0. The van der Waals surface area contributed by atoms with Crippen molar-refractivity contribution in [3.63, 3.8) is 0 Å². The van der Waals surface area contributed by atoms with Crippen LogP contribution in [0.15, 0.2) is 12.1 Å². The van der Waals surface area contributed by atoms with Crippen molar-refractivity contribution in [2.75, 3.05) is 6.61 Å². The molecule has 0 radical (unpaired) electrons. The SMILES string of the molecule is Cc1cc(COC2CO2)cc(C)c1O. The van der Waals surface area contributed by atoms with E-state index in [9.17, 15) is 5.11 Å². The Morgan fingerprint density at radius 2 is 2.00 bits per heavy atom. The van der Waals surface area contributed by atoms with Crippen molar-refractivity contribution >= 4 is 0 Å². The molecular weight excluding hydrogens is 180 g/mol. The first-order chi connectivity index (χ1) is 6.66. The van der Waals surface area contributed by atoms with Crippen LogP contribution in [0.4, 0.5) is 0 Å². The van der Waals surface area contributed by atoms with Gasteiger partial charge in [-0.25, -0.2) is 0 Å². The van der Waals surface area contributed by atoms with Gasteiger partial charge in [-0.15, -0.1) is 0 Å². The maximum Gasteiger partial charge on any atom is 0.181 e. The Morgan fingerprint density at radius 3 is 2.50 bits per heavy atom. The molecule has 1 atom stereocenters. The Morgan fingerprint density at radius 1 is 1.43 bits per heavy atom. The van der Waals surface area contributed by atoms with Gasteiger partial charge < -0.3 is 14.6 Å². The smallest absolute Gasteiger partial charge is 0.181 e. The average molecular weight is 194 g/mol. The molecule has 0 aliphatic carbocycles. The molecule has 1 aromatic rings. The van der Waals surface area contributed by atoms with E-state index >= 15 is 0 Å². The zero-order chi connectivity index (χ0) is 10.1. The van der Waals surface area contributed by atoms with E-state index in [4.69, 9.17) is 9.47 Å². The minimum atomic E-state index is -0.00980. The minimum absolute atomic E-state index is 0.00980. The lowest BCUT2D eigenvalue weighted by Crippen LogP contribution is -1.97. The molecule has 0 amide bonds. The van der Waals surface area contributed by atoms with Gasteiger partial charge in [-0.1, -0.05) is 12.1 Å². The fraction of sp³-hybridized carbons (Fsp3) is 0.455. The van der Waals surface area contributed by atoms with Gasteiger partial charge in [-0.2, -0.15) is 0 Å². The van der Waals surface area contributed by atoms with Gasteiger partial charge in [0.2, 0.25) is 0 Å². The lowest BCUT2D eigenvalue weighted by atomic mass is 10.1. The fourth-order valence-corrected chi connectivity index (χ4v) is 1.45. The molecule has 1 saturated heterocycles. The van der Waals surface area contributed by atoms with E-state index in [1.807, 2.05) is 26.0 Å². The Kier molecular flexibility index (Phi) is 2.44. The second-order valence-corrected chi connectivity index (χ2v) is 3.65. The molecule has 0 spiro atoms. The van der Waals surface area contributed by atoms with E-state index in [2.05, 4.69) is 0 Å². The zero-order valence-electron chi connectivity index (χ0n) is 8.41. The number of ether oxygens (including phenoxy) is 2. The number of epoxide rings is 1. The average Bonchev–Trinajstić information content (AvgIpc) is 2.94. The standard InChI is InChI=1S/C11H14O3/c1-7-3-9(4-8(2)11(7)12)5-13-10-6-14-10/h3-4,10,12H,5-6H2,1-2H3. The van der Waals surface area contributed by atoms with Crippen molar-refractivity contribution in [3.05, 3.63) is 28.8 Å². The normalized spacial score (nSPS) is 19.7. The minimum Gasteiger partial charge on any atom is -0.507 e. The van der Waals surface area contributed by atoms with Gasteiger partial charge in [0.25, 0.3) is 0 Å². The summed E-state index contributed by atoms with van der Waals surface area (Å²) >= 11 is 0. The van der Waals surface area contributed by atoms with Crippen LogP contribution in [-0.4, -0.2) is 18.0 Å². The lowest BCUT2D eigenvalue weighted by Gasteiger charge is -2.07. The van der Waals surface area contributed by atoms with Gasteiger partial charge in [0, 0.05) is 0 Å². The lowest BCUT2D eigenvalue weighted by molar-refractivity contribution is 0.0385. The van der Waals surface area contributed by atoms with Gasteiger partial charge in [0.1, 0.15) is 12.4 Å². The third kappa shape index (κ3) is 2.05. The molecule has 1 aliphatic heterocycles. The highest BCUT2D eigenvalue weighted by Gasteiger charge is 2.23. The Labute approximate surface area is 83.3 Å². The summed E-state index contributed by atoms with van der Waals surface area (Å²) in [7, 11) is 0. The highest BCUT2D eigenvalue weighted by molar-refractivity contribution is 5.41. The molecule has 14 heavy (non-hydrogen) atoms. The fourth-order valence-electron chi connectivity index (χ4n) is 1.45. The van der Waals surface area contributed by atoms with Crippen LogP contribution in [0.1, 0.15) is 16.7 Å². The predicted octanol–water partition coefficient (Wildman–Crippen LogP) is 1.88. The summed E-state index contributed by atoms with van der Waals surface area (Å²) in [6.45, 7) is 5.03. The van der Waals surface area contributed by atoms with Crippen LogP contribution in [0.5, 0.6) is 5.75 Å². The molecular formula is C11H14O3. The molecule has 1 fully saturated rings. The van der Waals surface area contributed by atoms with Crippen LogP contribution >= 0.6 is 0 Å². The van der Waals surface area contributed by atoms with Gasteiger partial charge in [-0.05, 0) is 30.5 Å². The molecule has 0 bridgehead atoms. The number of aryl methyl sites for hydroxylation is 2. The second kappa shape index (κ2) is 3.59. The topological polar surface area (TPSA) is 42.0 Å². The van der Waals surface area contributed by atoms with Crippen molar-refractivity contribution in [3.8, 4) is 5.75 Å². The largest absolute Gasteiger partial charge is 0.507 e. The number of aromatic hydroxyl groups is 1. The predicted molar refractivity (Wildman–Crippen MR) is 52.1 cm³/mol. The van der Waals surface area contributed by atoms with Gasteiger partial charge in [0.05, 0.1) is 6.61 Å². The van der Waals surface area contributed by atoms with Crippen molar-refractivity contribution in [1.82, 2.24) is 0 Å². The number of phenols is 1. The van der Waals surface area contributed by atoms with Gasteiger partial charge in [-0.3, -0.25) is 0 Å². The van der Waals surface area contributed by atoms with Crippen LogP contribution in [0.25, 0.3) is 0 Å². The molecule has 1 heterocycles. The Hall–Kier alpha value is -1.06. The van der Waals surface area contributed by atoms with Crippen molar-refractivity contribution < 1.29 is 14.6 Å². The summed E-state index contributed by atoms with van der Waals surface area (Å²) in [5, 5.41) is 9.55. The second-order valence-electron chi connectivity index (χ2n) is 3.65. The monoisotopic (exact) mass is 194 g/mol. The van der Waals surface area contributed by atoms with E-state index in [1.165, 1.54) is 0 Å². The first kappa shape index (κ1) is 9.49. The van der Waals surface area contributed by atoms with E-state index in [1.54, 1.807) is 0 Å². The first-order valence-corrected chi connectivity index (χ1v) is 4.69. The molecule has 2 rings (SSSR count). The summed E-state index contributed by atoms with van der Waals surface area (Å²) in [5.41, 5.74) is 2.86. The van der Waals surface area contributed by atoms with Gasteiger partial charge in [0.15, 0.2) is 6.29 Å². The zero-order valence-corrected chi connectivity index (χ0v) is 8.41. The molecule has 1 aromatic carbocycles. The number of phenolic OH excluding ortho intramolecular Hbond substituents is 1. The van der Waals surface area contributed by atoms with Crippen molar-refractivity contribution in [1.29, 1.82) is 0 Å². The number of hydrogen-bond donors (Lipinski definition) is 1. The van der Waals surface area contributed by atoms with E-state index in [-0.39, 0.29) is 6.29 Å². The summed E-state index contributed by atoms with van der Waals surface area (Å²) in [6.07, 6.45) is -0.00980. The molecule has 3 nitrogen and oxygen atoms in total. The number of benzene rings is 1. The van der Waals surface area contributed by atoms with Crippen LogP contribution < -0.4 is 0 Å². The molecule has 1 N–H and O–H groups in total. The van der Waals surface area contributed by atoms with Crippen LogP contribution in [0, 0.1) is 13.8 Å².